The number of nitrogens with zero attached hydrogens (tertiary/aromatic N) is 4. The summed E-state index contributed by atoms with van der Waals surface area (Å²) in [5.41, 5.74) is 12.0. The molecule has 5 aromatic rings. The summed E-state index contributed by atoms with van der Waals surface area (Å²) in [4.78, 5) is 36.9. The number of hydrogen-bond acceptors (Lipinski definition) is 8. The van der Waals surface area contributed by atoms with Crippen LogP contribution in [0.2, 0.25) is 0 Å². The van der Waals surface area contributed by atoms with E-state index < -0.39 is 0 Å². The molecule has 0 aliphatic carbocycles. The van der Waals surface area contributed by atoms with Crippen molar-refractivity contribution in [3.8, 4) is 11.3 Å². The molecule has 242 valence electrons. The molecule has 5 N–H and O–H groups in total. The number of nitrogens with one attached hydrogen (secondary N) is 3. The number of nitrogen functional groups attached to an aromatic ring is 1. The lowest BCUT2D eigenvalue weighted by Crippen LogP contribution is -2.36. The largest absolute Gasteiger partial charge is 0.397 e. The second-order valence-corrected chi connectivity index (χ2v) is 11.5. The zero-order chi connectivity index (χ0) is 32.4. The van der Waals surface area contributed by atoms with Gasteiger partial charge < -0.3 is 35.7 Å². The molecule has 0 spiro atoms. The highest BCUT2D eigenvalue weighted by molar-refractivity contribution is 5.95. The molecule has 47 heavy (non-hydrogen) atoms. The first kappa shape index (κ1) is 31.6. The number of ether oxygens (including phenoxy) is 1. The van der Waals surface area contributed by atoms with Crippen LogP contribution in [-0.2, 0) is 9.53 Å². The fourth-order valence-corrected chi connectivity index (χ4v) is 5.58. The minimum absolute atomic E-state index is 0.0428. The third-order valence-electron chi connectivity index (χ3n) is 8.15. The van der Waals surface area contributed by atoms with Gasteiger partial charge in [-0.1, -0.05) is 37.1 Å². The Balaban J connectivity index is 1.01. The Morgan fingerprint density at radius 2 is 1.72 bits per heavy atom. The van der Waals surface area contributed by atoms with Crippen molar-refractivity contribution in [2.24, 2.45) is 0 Å². The first-order valence-electron chi connectivity index (χ1n) is 16.1. The number of para-hydroxylation sites is 2. The molecule has 1 aliphatic heterocycles. The second kappa shape index (κ2) is 15.2. The molecular formula is C36H40N8O3. The molecule has 0 atom stereocenters. The average Bonchev–Trinajstić information content (AvgIpc) is 3.59. The van der Waals surface area contributed by atoms with Crippen molar-refractivity contribution < 1.29 is 14.3 Å². The van der Waals surface area contributed by atoms with Crippen LogP contribution in [0.5, 0.6) is 0 Å². The number of fused-ring (bicyclic) bond motifs is 1. The summed E-state index contributed by atoms with van der Waals surface area (Å²) in [5, 5.41) is 9.31. The molecule has 0 radical (unpaired) electrons. The van der Waals surface area contributed by atoms with E-state index in [1.807, 2.05) is 65.3 Å². The van der Waals surface area contributed by atoms with Crippen molar-refractivity contribution in [3.63, 3.8) is 0 Å². The number of aromatic nitrogens is 3. The Bertz CT molecular complexity index is 1820. The number of carbonyl (C=O) groups is 2. The molecular weight excluding hydrogens is 592 g/mol. The van der Waals surface area contributed by atoms with E-state index in [0.29, 0.717) is 41.4 Å². The van der Waals surface area contributed by atoms with Gasteiger partial charge in [-0.05, 0) is 61.4 Å². The number of imidazole rings is 1. The lowest BCUT2D eigenvalue weighted by atomic mass is 10.1. The van der Waals surface area contributed by atoms with Crippen LogP contribution in [0.3, 0.4) is 0 Å². The van der Waals surface area contributed by atoms with Gasteiger partial charge in [-0.3, -0.25) is 9.59 Å². The number of morpholine rings is 1. The molecule has 6 rings (SSSR count). The predicted octanol–water partition coefficient (Wildman–Crippen LogP) is 5.88. The van der Waals surface area contributed by atoms with Crippen LogP contribution in [0.4, 0.5) is 28.6 Å². The van der Waals surface area contributed by atoms with Crippen molar-refractivity contribution in [2.75, 3.05) is 54.1 Å². The standard InChI is InChI=1S/C36H40N8O3/c37-30-10-4-5-11-31(30)41-33(45)12-3-1-2-6-17-39-36(46)27-9-7-8-26(24-27)32-25-44-19-18-38-35(44)34(42-32)40-28-13-15-29(16-14-28)43-20-22-47-23-21-43/h4-5,7-11,13-16,18-19,24-25H,1-3,6,12,17,20-23,37H2,(H,39,46)(H,40,42)(H,41,45). The van der Waals surface area contributed by atoms with E-state index >= 15 is 0 Å². The SMILES string of the molecule is Nc1ccccc1NC(=O)CCCCCCNC(=O)c1cccc(-c2cn3ccnc3c(Nc3ccc(N4CCOCC4)cc3)n2)c1. The maximum Gasteiger partial charge on any atom is 0.251 e. The third-order valence-corrected chi connectivity index (χ3v) is 8.15. The van der Waals surface area contributed by atoms with Crippen molar-refractivity contribution in [2.45, 2.75) is 32.1 Å². The van der Waals surface area contributed by atoms with Crippen LogP contribution in [0, 0.1) is 0 Å². The highest BCUT2D eigenvalue weighted by Crippen LogP contribution is 2.27. The summed E-state index contributed by atoms with van der Waals surface area (Å²) < 4.78 is 7.40. The first-order chi connectivity index (χ1) is 23.0. The Labute approximate surface area is 274 Å². The van der Waals surface area contributed by atoms with Crippen molar-refractivity contribution >= 4 is 46.0 Å². The van der Waals surface area contributed by atoms with Gasteiger partial charge in [0.05, 0.1) is 30.3 Å². The Kier molecular flexibility index (Phi) is 10.2. The van der Waals surface area contributed by atoms with Gasteiger partial charge in [0.25, 0.3) is 5.91 Å². The van der Waals surface area contributed by atoms with E-state index in [-0.39, 0.29) is 11.8 Å². The lowest BCUT2D eigenvalue weighted by Gasteiger charge is -2.28. The molecule has 2 aromatic heterocycles. The molecule has 1 aliphatic rings. The normalized spacial score (nSPS) is 13.0. The van der Waals surface area contributed by atoms with Crippen molar-refractivity contribution in [3.05, 3.63) is 97.0 Å². The van der Waals surface area contributed by atoms with Crippen molar-refractivity contribution in [1.82, 2.24) is 19.7 Å². The van der Waals surface area contributed by atoms with Gasteiger partial charge in [0, 0.05) is 67.1 Å². The highest BCUT2D eigenvalue weighted by Gasteiger charge is 2.14. The molecule has 11 nitrogen and oxygen atoms in total. The minimum Gasteiger partial charge on any atom is -0.397 e. The lowest BCUT2D eigenvalue weighted by molar-refractivity contribution is -0.116. The van der Waals surface area contributed by atoms with Crippen LogP contribution in [0.1, 0.15) is 42.5 Å². The number of anilines is 5. The highest BCUT2D eigenvalue weighted by atomic mass is 16.5. The summed E-state index contributed by atoms with van der Waals surface area (Å²) in [6.45, 7) is 3.82. The van der Waals surface area contributed by atoms with E-state index in [4.69, 9.17) is 15.5 Å². The first-order valence-corrected chi connectivity index (χ1v) is 16.1. The van der Waals surface area contributed by atoms with Gasteiger partial charge in [-0.2, -0.15) is 0 Å². The maximum atomic E-state index is 13.0. The molecule has 0 bridgehead atoms. The third kappa shape index (κ3) is 8.25. The van der Waals surface area contributed by atoms with E-state index in [1.165, 1.54) is 0 Å². The van der Waals surface area contributed by atoms with E-state index in [2.05, 4.69) is 38.0 Å². The van der Waals surface area contributed by atoms with Gasteiger partial charge in [0.2, 0.25) is 5.91 Å². The summed E-state index contributed by atoms with van der Waals surface area (Å²) >= 11 is 0. The molecule has 3 aromatic carbocycles. The van der Waals surface area contributed by atoms with Gasteiger partial charge in [0.1, 0.15) is 0 Å². The maximum absolute atomic E-state index is 13.0. The molecule has 1 fully saturated rings. The molecule has 11 heteroatoms. The number of rotatable bonds is 13. The fraction of sp³-hybridized carbons (Fsp3) is 0.278. The van der Waals surface area contributed by atoms with E-state index in [1.54, 1.807) is 18.3 Å². The fourth-order valence-electron chi connectivity index (χ4n) is 5.58. The molecule has 1 saturated heterocycles. The number of hydrogen-bond donors (Lipinski definition) is 4. The summed E-state index contributed by atoms with van der Waals surface area (Å²) in [6, 6.07) is 23.0. The van der Waals surface area contributed by atoms with Crippen LogP contribution in [0.15, 0.2) is 91.4 Å². The Morgan fingerprint density at radius 1 is 0.915 bits per heavy atom. The summed E-state index contributed by atoms with van der Waals surface area (Å²) in [5.74, 6) is 0.455. The zero-order valence-corrected chi connectivity index (χ0v) is 26.3. The minimum atomic E-state index is -0.130. The molecule has 0 unspecified atom stereocenters. The number of unbranched alkanes of at least 4 members (excludes halogenated alkanes) is 3. The molecule has 2 amide bonds. The molecule has 3 heterocycles. The summed E-state index contributed by atoms with van der Waals surface area (Å²) in [6.07, 6.45) is 9.41. The zero-order valence-electron chi connectivity index (χ0n) is 26.3. The average molecular weight is 633 g/mol. The quantitative estimate of drug-likeness (QED) is 0.0933. The smallest absolute Gasteiger partial charge is 0.251 e. The topological polar surface area (TPSA) is 139 Å². The monoisotopic (exact) mass is 632 g/mol. The van der Waals surface area contributed by atoms with Crippen molar-refractivity contribution in [1.29, 1.82) is 0 Å². The van der Waals surface area contributed by atoms with Crippen LogP contribution >= 0.6 is 0 Å². The van der Waals surface area contributed by atoms with Gasteiger partial charge in [-0.25, -0.2) is 9.97 Å². The van der Waals surface area contributed by atoms with Gasteiger partial charge in [-0.15, -0.1) is 0 Å². The summed E-state index contributed by atoms with van der Waals surface area (Å²) in [7, 11) is 0. The Hall–Kier alpha value is -5.42. The molecule has 0 saturated carbocycles. The number of nitrogens with two attached hydrogens (primary N) is 1. The number of amides is 2. The van der Waals surface area contributed by atoms with Crippen LogP contribution in [-0.4, -0.2) is 59.0 Å². The number of carbonyl (C=O) groups excluding carboxylic acids is 2. The van der Waals surface area contributed by atoms with E-state index in [0.717, 1.165) is 74.6 Å². The van der Waals surface area contributed by atoms with Crippen LogP contribution in [0.25, 0.3) is 16.9 Å². The van der Waals surface area contributed by atoms with E-state index in [9.17, 15) is 9.59 Å². The Morgan fingerprint density at radius 3 is 2.55 bits per heavy atom. The number of benzene rings is 3. The van der Waals surface area contributed by atoms with Crippen LogP contribution < -0.4 is 26.6 Å². The van der Waals surface area contributed by atoms with Gasteiger partial charge in [0.15, 0.2) is 11.5 Å². The second-order valence-electron chi connectivity index (χ2n) is 11.5. The predicted molar refractivity (Wildman–Crippen MR) is 186 cm³/mol. The van der Waals surface area contributed by atoms with Gasteiger partial charge >= 0.3 is 0 Å².